The lowest BCUT2D eigenvalue weighted by atomic mass is 9.54. The number of nitrogens with one attached hydrogen (secondary N) is 1. The highest BCUT2D eigenvalue weighted by Gasteiger charge is 2.63. The van der Waals surface area contributed by atoms with Crippen LogP contribution in [0.3, 0.4) is 0 Å². The van der Waals surface area contributed by atoms with Gasteiger partial charge in [-0.15, -0.1) is 0 Å². The second kappa shape index (κ2) is 5.28. The van der Waals surface area contributed by atoms with E-state index in [1.165, 1.54) is 0 Å². The Morgan fingerprint density at radius 3 is 2.55 bits per heavy atom. The highest BCUT2D eigenvalue weighted by atomic mass is 16.5. The van der Waals surface area contributed by atoms with Gasteiger partial charge in [-0.3, -0.25) is 4.79 Å². The van der Waals surface area contributed by atoms with E-state index >= 15 is 0 Å². The Kier molecular flexibility index (Phi) is 4.15. The third-order valence-electron chi connectivity index (χ3n) is 5.46. The van der Waals surface area contributed by atoms with Gasteiger partial charge >= 0.3 is 0 Å². The number of rotatable bonds is 7. The van der Waals surface area contributed by atoms with Gasteiger partial charge in [0.15, 0.2) is 0 Å². The molecule has 2 aliphatic carbocycles. The van der Waals surface area contributed by atoms with Crippen molar-refractivity contribution in [3.8, 4) is 0 Å². The van der Waals surface area contributed by atoms with E-state index in [1.54, 1.807) is 0 Å². The van der Waals surface area contributed by atoms with Crippen molar-refractivity contribution in [2.24, 2.45) is 16.6 Å². The van der Waals surface area contributed by atoms with Crippen LogP contribution in [0.5, 0.6) is 0 Å². The van der Waals surface area contributed by atoms with Gasteiger partial charge in [0.2, 0.25) is 5.91 Å². The lowest BCUT2D eigenvalue weighted by Gasteiger charge is -2.57. The van der Waals surface area contributed by atoms with Gasteiger partial charge in [-0.2, -0.15) is 0 Å². The fourth-order valence-electron chi connectivity index (χ4n) is 3.18. The summed E-state index contributed by atoms with van der Waals surface area (Å²) in [5, 5.41) is 12.0. The first-order valence-electron chi connectivity index (χ1n) is 7.61. The van der Waals surface area contributed by atoms with Gasteiger partial charge in [-0.25, -0.2) is 0 Å². The minimum absolute atomic E-state index is 0.0515. The maximum absolute atomic E-state index is 12.4. The average molecular weight is 284 g/mol. The first kappa shape index (κ1) is 15.7. The van der Waals surface area contributed by atoms with Crippen LogP contribution in [0.25, 0.3) is 0 Å². The average Bonchev–Trinajstić information content (AvgIpc) is 3.16. The summed E-state index contributed by atoms with van der Waals surface area (Å²) in [5.41, 5.74) is 5.25. The molecule has 2 atom stereocenters. The largest absolute Gasteiger partial charge is 0.396 e. The summed E-state index contributed by atoms with van der Waals surface area (Å²) in [6.45, 7) is 7.40. The first-order valence-corrected chi connectivity index (χ1v) is 7.61. The van der Waals surface area contributed by atoms with E-state index < -0.39 is 5.54 Å². The van der Waals surface area contributed by atoms with Crippen molar-refractivity contribution in [2.75, 3.05) is 19.8 Å². The van der Waals surface area contributed by atoms with Crippen LogP contribution in [0.1, 0.15) is 46.5 Å². The third-order valence-corrected chi connectivity index (χ3v) is 5.46. The normalized spacial score (nSPS) is 33.4. The molecule has 2 aliphatic rings. The van der Waals surface area contributed by atoms with Crippen LogP contribution in [-0.4, -0.2) is 42.4 Å². The maximum Gasteiger partial charge on any atom is 0.240 e. The molecule has 0 heterocycles. The predicted molar refractivity (Wildman–Crippen MR) is 77.1 cm³/mol. The van der Waals surface area contributed by atoms with Crippen molar-refractivity contribution in [1.82, 2.24) is 5.32 Å². The molecule has 0 aromatic carbocycles. The van der Waals surface area contributed by atoms with E-state index in [4.69, 9.17) is 15.6 Å². The zero-order valence-corrected chi connectivity index (χ0v) is 12.9. The molecule has 20 heavy (non-hydrogen) atoms. The summed E-state index contributed by atoms with van der Waals surface area (Å²) in [7, 11) is 0. The van der Waals surface area contributed by atoms with Crippen LogP contribution in [0.2, 0.25) is 0 Å². The number of carbonyl (C=O) groups excluding carboxylic acids is 1. The number of nitrogens with two attached hydrogens (primary N) is 1. The Hall–Kier alpha value is -0.650. The minimum Gasteiger partial charge on any atom is -0.396 e. The summed E-state index contributed by atoms with van der Waals surface area (Å²) in [5.74, 6) is -0.0809. The Morgan fingerprint density at radius 2 is 2.10 bits per heavy atom. The maximum atomic E-state index is 12.4. The van der Waals surface area contributed by atoms with Crippen LogP contribution in [-0.2, 0) is 9.53 Å². The number of ether oxygens (including phenoxy) is 1. The van der Waals surface area contributed by atoms with Gasteiger partial charge in [0.05, 0.1) is 6.10 Å². The fraction of sp³-hybridized carbons (Fsp3) is 0.933. The molecule has 0 aromatic heterocycles. The van der Waals surface area contributed by atoms with Crippen LogP contribution in [0.15, 0.2) is 0 Å². The van der Waals surface area contributed by atoms with Gasteiger partial charge in [0.25, 0.3) is 0 Å². The van der Waals surface area contributed by atoms with Crippen molar-refractivity contribution in [2.45, 2.75) is 58.1 Å². The molecular weight excluding hydrogens is 256 g/mol. The number of hydrogen-bond donors (Lipinski definition) is 3. The molecule has 2 rings (SSSR count). The predicted octanol–water partition coefficient (Wildman–Crippen LogP) is 0.798. The van der Waals surface area contributed by atoms with E-state index in [0.717, 1.165) is 19.3 Å². The number of amides is 1. The van der Waals surface area contributed by atoms with Gasteiger partial charge in [-0.05, 0) is 31.6 Å². The van der Waals surface area contributed by atoms with Crippen molar-refractivity contribution < 1.29 is 14.6 Å². The second-order valence-corrected chi connectivity index (χ2v) is 7.00. The highest BCUT2D eigenvalue weighted by Crippen LogP contribution is 2.51. The zero-order chi connectivity index (χ0) is 15.0. The molecule has 0 aromatic rings. The lowest BCUT2D eigenvalue weighted by molar-refractivity contribution is -0.170. The van der Waals surface area contributed by atoms with Crippen LogP contribution < -0.4 is 11.1 Å². The Morgan fingerprint density at radius 1 is 1.45 bits per heavy atom. The third kappa shape index (κ3) is 2.47. The number of hydrogen-bond acceptors (Lipinski definition) is 4. The monoisotopic (exact) mass is 284 g/mol. The summed E-state index contributed by atoms with van der Waals surface area (Å²) < 4.78 is 5.64. The molecule has 0 spiro atoms. The smallest absolute Gasteiger partial charge is 0.240 e. The van der Waals surface area contributed by atoms with E-state index in [1.807, 2.05) is 20.8 Å². The quantitative estimate of drug-likeness (QED) is 0.645. The molecule has 2 fully saturated rings. The van der Waals surface area contributed by atoms with E-state index in [-0.39, 0.29) is 29.4 Å². The molecule has 2 unspecified atom stereocenters. The number of aliphatic hydroxyl groups excluding tert-OH is 1. The standard InChI is InChI=1S/C15H28N2O3/c1-4-20-11-9-15(16,13(11,2)3)12(19)17-10-14(5-6-14)7-8-18/h11,18H,4-10,16H2,1-3H3,(H,17,19). The van der Waals surface area contributed by atoms with Gasteiger partial charge < -0.3 is 20.9 Å². The van der Waals surface area contributed by atoms with Crippen molar-refractivity contribution in [1.29, 1.82) is 0 Å². The molecule has 0 radical (unpaired) electrons. The van der Waals surface area contributed by atoms with Crippen molar-refractivity contribution in [3.63, 3.8) is 0 Å². The molecule has 1 amide bonds. The molecule has 5 heteroatoms. The van der Waals surface area contributed by atoms with E-state index in [0.29, 0.717) is 19.6 Å². The van der Waals surface area contributed by atoms with Gasteiger partial charge in [0.1, 0.15) is 5.54 Å². The second-order valence-electron chi connectivity index (χ2n) is 7.00. The van der Waals surface area contributed by atoms with Crippen molar-refractivity contribution >= 4 is 5.91 Å². The highest BCUT2D eigenvalue weighted by molar-refractivity contribution is 5.88. The first-order chi connectivity index (χ1) is 9.31. The van der Waals surface area contributed by atoms with Crippen LogP contribution in [0.4, 0.5) is 0 Å². The SMILES string of the molecule is CCOC1CC(N)(C(=O)NCC2(CCO)CC2)C1(C)C. The summed E-state index contributed by atoms with van der Waals surface area (Å²) in [6, 6.07) is 0. The summed E-state index contributed by atoms with van der Waals surface area (Å²) >= 11 is 0. The molecule has 0 aliphatic heterocycles. The lowest BCUT2D eigenvalue weighted by Crippen LogP contribution is -2.76. The topological polar surface area (TPSA) is 84.6 Å². The molecule has 116 valence electrons. The van der Waals surface area contributed by atoms with Crippen molar-refractivity contribution in [3.05, 3.63) is 0 Å². The molecule has 0 saturated heterocycles. The molecular formula is C15H28N2O3. The van der Waals surface area contributed by atoms with E-state index in [2.05, 4.69) is 5.32 Å². The van der Waals surface area contributed by atoms with Crippen LogP contribution >= 0.6 is 0 Å². The zero-order valence-electron chi connectivity index (χ0n) is 12.9. The van der Waals surface area contributed by atoms with Crippen LogP contribution in [0, 0.1) is 10.8 Å². The van der Waals surface area contributed by atoms with Gasteiger partial charge in [-0.1, -0.05) is 13.8 Å². The summed E-state index contributed by atoms with van der Waals surface area (Å²) in [6.07, 6.45) is 3.55. The van der Waals surface area contributed by atoms with Gasteiger partial charge in [0, 0.05) is 31.6 Å². The molecule has 4 N–H and O–H groups in total. The van der Waals surface area contributed by atoms with E-state index in [9.17, 15) is 4.79 Å². The molecule has 2 saturated carbocycles. The Balaban J connectivity index is 1.90. The number of carbonyl (C=O) groups is 1. The molecule has 0 bridgehead atoms. The Bertz CT molecular complexity index is 379. The Labute approximate surface area is 121 Å². The molecule has 5 nitrogen and oxygen atoms in total. The minimum atomic E-state index is -0.845. The fourth-order valence-corrected chi connectivity index (χ4v) is 3.18. The summed E-state index contributed by atoms with van der Waals surface area (Å²) in [4.78, 5) is 12.4. The number of aliphatic hydroxyl groups is 1.